The monoisotopic (exact) mass is 268 g/mol. The molecule has 0 spiro atoms. The third kappa shape index (κ3) is 5.07. The van der Waals surface area contributed by atoms with E-state index in [2.05, 4.69) is 51.9 Å². The summed E-state index contributed by atoms with van der Waals surface area (Å²) in [5.74, 6) is 0. The van der Waals surface area contributed by atoms with Crippen molar-refractivity contribution in [3.05, 3.63) is 0 Å². The van der Waals surface area contributed by atoms with Crippen molar-refractivity contribution in [3.63, 3.8) is 0 Å². The molecule has 0 aliphatic heterocycles. The molecule has 1 fully saturated rings. The van der Waals surface area contributed by atoms with Gasteiger partial charge in [0.2, 0.25) is 0 Å². The average Bonchev–Trinajstić information content (AvgIpc) is 2.58. The van der Waals surface area contributed by atoms with E-state index >= 15 is 0 Å². The predicted octanol–water partition coefficient (Wildman–Crippen LogP) is 4.05. The molecule has 19 heavy (non-hydrogen) atoms. The summed E-state index contributed by atoms with van der Waals surface area (Å²) in [5, 5.41) is 3.81. The van der Waals surface area contributed by atoms with Gasteiger partial charge in [-0.15, -0.1) is 0 Å². The molecule has 0 aromatic heterocycles. The number of hydrogen-bond donors (Lipinski definition) is 1. The van der Waals surface area contributed by atoms with Crippen molar-refractivity contribution in [3.8, 4) is 0 Å². The first-order chi connectivity index (χ1) is 8.88. The fraction of sp³-hybridized carbons (Fsp3) is 1.00. The van der Waals surface area contributed by atoms with Crippen molar-refractivity contribution < 1.29 is 0 Å². The lowest BCUT2D eigenvalue weighted by atomic mass is 9.85. The van der Waals surface area contributed by atoms with Gasteiger partial charge in [0.05, 0.1) is 0 Å². The molecule has 2 nitrogen and oxygen atoms in total. The van der Waals surface area contributed by atoms with Crippen LogP contribution in [0.4, 0.5) is 0 Å². The first-order valence-corrected chi connectivity index (χ1v) is 8.33. The Balaban J connectivity index is 2.72. The van der Waals surface area contributed by atoms with Gasteiger partial charge in [-0.1, -0.05) is 47.0 Å². The second-order valence-electron chi connectivity index (χ2n) is 7.47. The van der Waals surface area contributed by atoms with Crippen molar-refractivity contribution in [1.82, 2.24) is 10.2 Å². The van der Waals surface area contributed by atoms with Crippen molar-refractivity contribution in [2.24, 2.45) is 5.41 Å². The van der Waals surface area contributed by atoms with E-state index in [1.54, 1.807) is 0 Å². The van der Waals surface area contributed by atoms with Crippen LogP contribution in [0.1, 0.15) is 73.1 Å². The van der Waals surface area contributed by atoms with Gasteiger partial charge in [0.15, 0.2) is 0 Å². The van der Waals surface area contributed by atoms with Gasteiger partial charge in [0.25, 0.3) is 0 Å². The second-order valence-corrected chi connectivity index (χ2v) is 7.47. The zero-order chi connectivity index (χ0) is 14.5. The highest BCUT2D eigenvalue weighted by Gasteiger charge is 2.33. The van der Waals surface area contributed by atoms with Crippen LogP contribution in [0.25, 0.3) is 0 Å². The summed E-state index contributed by atoms with van der Waals surface area (Å²) in [6.45, 7) is 12.9. The summed E-state index contributed by atoms with van der Waals surface area (Å²) in [7, 11) is 2.34. The lowest BCUT2D eigenvalue weighted by Crippen LogP contribution is -2.53. The van der Waals surface area contributed by atoms with E-state index in [1.807, 2.05) is 0 Å². The Kier molecular flexibility index (Phi) is 6.82. The Morgan fingerprint density at radius 1 is 1.16 bits per heavy atom. The van der Waals surface area contributed by atoms with Gasteiger partial charge in [-0.3, -0.25) is 4.90 Å². The first-order valence-electron chi connectivity index (χ1n) is 8.33. The lowest BCUT2D eigenvalue weighted by molar-refractivity contribution is 0.0733. The van der Waals surface area contributed by atoms with Crippen LogP contribution in [-0.2, 0) is 0 Å². The Hall–Kier alpha value is -0.0800. The molecule has 1 N–H and O–H groups in total. The van der Waals surface area contributed by atoms with E-state index in [-0.39, 0.29) is 0 Å². The second kappa shape index (κ2) is 7.64. The molecule has 0 aromatic carbocycles. The standard InChI is InChI=1S/C17H36N2/c1-7-13-18-15-11-9-8-10-12-16(15)19(6)14(2)17(3,4)5/h14-16,18H,7-13H2,1-6H3. The molecule has 1 aliphatic carbocycles. The summed E-state index contributed by atoms with van der Waals surface area (Å²) in [4.78, 5) is 2.65. The first kappa shape index (κ1) is 17.0. The third-order valence-corrected chi connectivity index (χ3v) is 5.02. The van der Waals surface area contributed by atoms with Crippen molar-refractivity contribution >= 4 is 0 Å². The highest BCUT2D eigenvalue weighted by molar-refractivity contribution is 4.90. The van der Waals surface area contributed by atoms with Gasteiger partial charge in [-0.05, 0) is 45.2 Å². The maximum Gasteiger partial charge on any atom is 0.0249 e. The smallest absolute Gasteiger partial charge is 0.0249 e. The number of likely N-dealkylation sites (N-methyl/N-ethyl adjacent to an activating group) is 1. The van der Waals surface area contributed by atoms with Crippen LogP contribution in [0.2, 0.25) is 0 Å². The molecule has 0 saturated heterocycles. The minimum Gasteiger partial charge on any atom is -0.312 e. The summed E-state index contributed by atoms with van der Waals surface area (Å²) in [6, 6.07) is 2.03. The molecule has 2 heteroatoms. The van der Waals surface area contributed by atoms with Crippen molar-refractivity contribution in [2.45, 2.75) is 91.3 Å². The number of rotatable bonds is 5. The maximum absolute atomic E-state index is 3.81. The molecule has 0 bridgehead atoms. The van der Waals surface area contributed by atoms with Gasteiger partial charge in [-0.2, -0.15) is 0 Å². The summed E-state index contributed by atoms with van der Waals surface area (Å²) in [6.07, 6.45) is 8.16. The van der Waals surface area contributed by atoms with Crippen molar-refractivity contribution in [2.75, 3.05) is 13.6 Å². The van der Waals surface area contributed by atoms with Crippen LogP contribution >= 0.6 is 0 Å². The minimum atomic E-state index is 0.358. The van der Waals surface area contributed by atoms with Gasteiger partial charge < -0.3 is 5.32 Å². The number of hydrogen-bond acceptors (Lipinski definition) is 2. The largest absolute Gasteiger partial charge is 0.312 e. The molecule has 0 amide bonds. The number of nitrogens with zero attached hydrogens (tertiary/aromatic N) is 1. The van der Waals surface area contributed by atoms with E-state index < -0.39 is 0 Å². The van der Waals surface area contributed by atoms with Gasteiger partial charge in [-0.25, -0.2) is 0 Å². The summed E-state index contributed by atoms with van der Waals surface area (Å²) < 4.78 is 0. The predicted molar refractivity (Wildman–Crippen MR) is 85.6 cm³/mol. The van der Waals surface area contributed by atoms with Crippen LogP contribution < -0.4 is 5.32 Å². The van der Waals surface area contributed by atoms with Gasteiger partial charge in [0.1, 0.15) is 0 Å². The Morgan fingerprint density at radius 3 is 2.37 bits per heavy atom. The molecule has 0 aromatic rings. The van der Waals surface area contributed by atoms with Gasteiger partial charge in [0, 0.05) is 18.1 Å². The lowest BCUT2D eigenvalue weighted by Gasteiger charge is -2.43. The maximum atomic E-state index is 3.81. The zero-order valence-corrected chi connectivity index (χ0v) is 14.1. The minimum absolute atomic E-state index is 0.358. The number of nitrogens with one attached hydrogen (secondary N) is 1. The van der Waals surface area contributed by atoms with Crippen LogP contribution in [0.15, 0.2) is 0 Å². The highest BCUT2D eigenvalue weighted by Crippen LogP contribution is 2.29. The Labute approximate surface area is 121 Å². The molecular weight excluding hydrogens is 232 g/mol. The van der Waals surface area contributed by atoms with E-state index in [9.17, 15) is 0 Å². The zero-order valence-electron chi connectivity index (χ0n) is 14.1. The molecule has 114 valence electrons. The topological polar surface area (TPSA) is 15.3 Å². The fourth-order valence-electron chi connectivity index (χ4n) is 3.24. The van der Waals surface area contributed by atoms with E-state index in [1.165, 1.54) is 45.1 Å². The molecule has 0 radical (unpaired) electrons. The third-order valence-electron chi connectivity index (χ3n) is 5.02. The molecule has 3 unspecified atom stereocenters. The van der Waals surface area contributed by atoms with Crippen LogP contribution in [-0.4, -0.2) is 36.6 Å². The van der Waals surface area contributed by atoms with Crippen LogP contribution in [0, 0.1) is 5.41 Å². The normalized spacial score (nSPS) is 27.3. The Morgan fingerprint density at radius 2 is 1.79 bits per heavy atom. The summed E-state index contributed by atoms with van der Waals surface area (Å²) >= 11 is 0. The molecule has 1 rings (SSSR count). The van der Waals surface area contributed by atoms with Crippen LogP contribution in [0.3, 0.4) is 0 Å². The van der Waals surface area contributed by atoms with Crippen LogP contribution in [0.5, 0.6) is 0 Å². The van der Waals surface area contributed by atoms with Gasteiger partial charge >= 0.3 is 0 Å². The van der Waals surface area contributed by atoms with E-state index in [4.69, 9.17) is 0 Å². The SMILES string of the molecule is CCCNC1CCCCCC1N(C)C(C)C(C)(C)C. The molecule has 1 aliphatic rings. The Bertz CT molecular complexity index is 244. The van der Waals surface area contributed by atoms with E-state index in [0.717, 1.165) is 0 Å². The highest BCUT2D eigenvalue weighted by atomic mass is 15.2. The fourth-order valence-corrected chi connectivity index (χ4v) is 3.24. The summed E-state index contributed by atoms with van der Waals surface area (Å²) in [5.41, 5.74) is 0.358. The quantitative estimate of drug-likeness (QED) is 0.757. The molecule has 0 heterocycles. The van der Waals surface area contributed by atoms with E-state index in [0.29, 0.717) is 23.5 Å². The van der Waals surface area contributed by atoms with Crippen molar-refractivity contribution in [1.29, 1.82) is 0 Å². The molecule has 3 atom stereocenters. The molecule has 1 saturated carbocycles. The average molecular weight is 268 g/mol. The molecular formula is C17H36N2.